The molecule has 0 radical (unpaired) electrons. The number of ether oxygens (including phenoxy) is 3. The molecule has 0 N–H and O–H groups in total. The van der Waals surface area contributed by atoms with Crippen molar-refractivity contribution in [2.75, 3.05) is 13.2 Å². The van der Waals surface area contributed by atoms with Crippen molar-refractivity contribution in [3.05, 3.63) is 12.2 Å². The summed E-state index contributed by atoms with van der Waals surface area (Å²) in [6.45, 7) is 6.65. The van der Waals surface area contributed by atoms with Crippen LogP contribution in [0.25, 0.3) is 0 Å². The standard InChI is InChI=1S/C73H140O6/c1-4-7-10-13-16-19-22-24-26-28-29-30-31-32-33-34-35-36-37-38-39-40-41-42-43-44-45-46-48-49-51-54-57-60-63-66-72(75)78-69-70(68-77-71(74)65-62-59-56-53-21-18-15-12-9-6-3)79-73(76)67-64-61-58-55-52-50-47-27-25-23-20-17-14-11-8-5-2/h12,15,70H,4-11,13-14,16-69H2,1-3H3/b15-12-. The number of carbonyl (C=O) groups is 3. The molecule has 0 saturated heterocycles. The first-order valence-electron chi connectivity index (χ1n) is 36.2. The molecule has 0 heterocycles. The first-order chi connectivity index (χ1) is 39.0. The summed E-state index contributed by atoms with van der Waals surface area (Å²) in [5, 5.41) is 0. The average molecular weight is 1110 g/mol. The number of allylic oxidation sites excluding steroid dienone is 2. The van der Waals surface area contributed by atoms with Gasteiger partial charge in [-0.25, -0.2) is 0 Å². The highest BCUT2D eigenvalue weighted by Gasteiger charge is 2.19. The molecular weight excluding hydrogens is 973 g/mol. The molecule has 1 atom stereocenters. The van der Waals surface area contributed by atoms with Crippen molar-refractivity contribution < 1.29 is 28.6 Å². The van der Waals surface area contributed by atoms with Gasteiger partial charge < -0.3 is 14.2 Å². The van der Waals surface area contributed by atoms with Gasteiger partial charge in [0.15, 0.2) is 6.10 Å². The lowest BCUT2D eigenvalue weighted by Crippen LogP contribution is -2.30. The predicted molar refractivity (Wildman–Crippen MR) is 344 cm³/mol. The summed E-state index contributed by atoms with van der Waals surface area (Å²) in [5.41, 5.74) is 0. The monoisotopic (exact) mass is 1110 g/mol. The molecule has 79 heavy (non-hydrogen) atoms. The third-order valence-corrected chi connectivity index (χ3v) is 16.8. The SMILES string of the molecule is CCC/C=C\CCCCCCCC(=O)OCC(COC(=O)CCCCCCCCCCCCCCCCCCCCCCCCCCCCCCCCCCCCC)OC(=O)CCCCCCCCCCCCCCCCCC. The first-order valence-corrected chi connectivity index (χ1v) is 36.2. The smallest absolute Gasteiger partial charge is 0.306 e. The lowest BCUT2D eigenvalue weighted by Gasteiger charge is -2.18. The van der Waals surface area contributed by atoms with Crippen molar-refractivity contribution in [3.8, 4) is 0 Å². The molecule has 6 heteroatoms. The van der Waals surface area contributed by atoms with Crippen LogP contribution in [-0.4, -0.2) is 37.2 Å². The molecule has 0 amide bonds. The average Bonchev–Trinajstić information content (AvgIpc) is 3.45. The number of unbranched alkanes of at least 4 members (excludes halogenated alkanes) is 55. The van der Waals surface area contributed by atoms with Gasteiger partial charge >= 0.3 is 17.9 Å². The molecule has 0 saturated carbocycles. The number of hydrogen-bond donors (Lipinski definition) is 0. The van der Waals surface area contributed by atoms with E-state index in [1.807, 2.05) is 0 Å². The van der Waals surface area contributed by atoms with E-state index >= 15 is 0 Å². The fourth-order valence-corrected chi connectivity index (χ4v) is 11.3. The summed E-state index contributed by atoms with van der Waals surface area (Å²) in [6, 6.07) is 0. The second-order valence-corrected chi connectivity index (χ2v) is 24.9. The Morgan fingerprint density at radius 3 is 0.684 bits per heavy atom. The van der Waals surface area contributed by atoms with Crippen molar-refractivity contribution in [2.24, 2.45) is 0 Å². The number of hydrogen-bond acceptors (Lipinski definition) is 6. The zero-order chi connectivity index (χ0) is 57.1. The highest BCUT2D eigenvalue weighted by atomic mass is 16.6. The lowest BCUT2D eigenvalue weighted by molar-refractivity contribution is -0.167. The van der Waals surface area contributed by atoms with Crippen LogP contribution in [0.3, 0.4) is 0 Å². The second-order valence-electron chi connectivity index (χ2n) is 24.9. The molecule has 0 aliphatic rings. The minimum atomic E-state index is -0.768. The molecule has 1 unspecified atom stereocenters. The fraction of sp³-hybridized carbons (Fsp3) is 0.932. The second kappa shape index (κ2) is 68.6. The van der Waals surface area contributed by atoms with Gasteiger partial charge in [-0.3, -0.25) is 14.4 Å². The summed E-state index contributed by atoms with van der Waals surface area (Å²) < 4.78 is 16.9. The van der Waals surface area contributed by atoms with Crippen LogP contribution in [0.15, 0.2) is 12.2 Å². The normalized spacial score (nSPS) is 12.0. The van der Waals surface area contributed by atoms with Crippen LogP contribution < -0.4 is 0 Å². The minimum absolute atomic E-state index is 0.0663. The van der Waals surface area contributed by atoms with Crippen LogP contribution in [0.5, 0.6) is 0 Å². The molecule has 0 aromatic carbocycles. The molecule has 0 aromatic rings. The van der Waals surface area contributed by atoms with Crippen LogP contribution in [0.1, 0.15) is 419 Å². The lowest BCUT2D eigenvalue weighted by atomic mass is 10.0. The molecule has 468 valence electrons. The van der Waals surface area contributed by atoms with E-state index in [1.165, 1.54) is 308 Å². The molecule has 0 aliphatic heterocycles. The van der Waals surface area contributed by atoms with Crippen LogP contribution in [0.4, 0.5) is 0 Å². The Kier molecular flexibility index (Phi) is 67.0. The Balaban J connectivity index is 3.96. The van der Waals surface area contributed by atoms with Crippen molar-refractivity contribution in [2.45, 2.75) is 425 Å². The molecular formula is C73H140O6. The third-order valence-electron chi connectivity index (χ3n) is 16.8. The Morgan fingerprint density at radius 1 is 0.241 bits per heavy atom. The molecule has 0 spiro atoms. The molecule has 0 aliphatic carbocycles. The van der Waals surface area contributed by atoms with Gasteiger partial charge in [0.25, 0.3) is 0 Å². The van der Waals surface area contributed by atoms with Gasteiger partial charge in [-0.1, -0.05) is 373 Å². The van der Waals surface area contributed by atoms with E-state index in [2.05, 4.69) is 32.9 Å². The van der Waals surface area contributed by atoms with E-state index in [9.17, 15) is 14.4 Å². The summed E-state index contributed by atoms with van der Waals surface area (Å²) in [5.74, 6) is -0.847. The van der Waals surface area contributed by atoms with Gasteiger partial charge in [0, 0.05) is 19.3 Å². The molecule has 0 rings (SSSR count). The highest BCUT2D eigenvalue weighted by Crippen LogP contribution is 2.20. The Hall–Kier alpha value is -1.85. The van der Waals surface area contributed by atoms with Crippen LogP contribution >= 0.6 is 0 Å². The Morgan fingerprint density at radius 2 is 0.443 bits per heavy atom. The van der Waals surface area contributed by atoms with E-state index < -0.39 is 6.10 Å². The van der Waals surface area contributed by atoms with Crippen LogP contribution in [-0.2, 0) is 28.6 Å². The summed E-state index contributed by atoms with van der Waals surface area (Å²) >= 11 is 0. The summed E-state index contributed by atoms with van der Waals surface area (Å²) in [7, 11) is 0. The van der Waals surface area contributed by atoms with E-state index in [0.29, 0.717) is 19.3 Å². The maximum Gasteiger partial charge on any atom is 0.306 e. The zero-order valence-electron chi connectivity index (χ0n) is 53.9. The topological polar surface area (TPSA) is 78.9 Å². The Bertz CT molecular complexity index is 1230. The number of carbonyl (C=O) groups excluding carboxylic acids is 3. The summed E-state index contributed by atoms with van der Waals surface area (Å²) in [4.78, 5) is 38.2. The molecule has 0 fully saturated rings. The maximum absolute atomic E-state index is 12.9. The van der Waals surface area contributed by atoms with Crippen molar-refractivity contribution >= 4 is 17.9 Å². The highest BCUT2D eigenvalue weighted by molar-refractivity contribution is 5.71. The predicted octanol–water partition coefficient (Wildman–Crippen LogP) is 24.8. The van der Waals surface area contributed by atoms with E-state index in [-0.39, 0.29) is 31.1 Å². The van der Waals surface area contributed by atoms with Gasteiger partial charge in [0.05, 0.1) is 0 Å². The maximum atomic E-state index is 12.9. The van der Waals surface area contributed by atoms with Gasteiger partial charge in [0.2, 0.25) is 0 Å². The van der Waals surface area contributed by atoms with Crippen molar-refractivity contribution in [3.63, 3.8) is 0 Å². The molecule has 6 nitrogen and oxygen atoms in total. The Labute approximate surface area is 494 Å². The van der Waals surface area contributed by atoms with Crippen LogP contribution in [0, 0.1) is 0 Å². The van der Waals surface area contributed by atoms with Gasteiger partial charge in [-0.05, 0) is 38.5 Å². The third kappa shape index (κ3) is 66.8. The van der Waals surface area contributed by atoms with E-state index in [0.717, 1.165) is 70.6 Å². The van der Waals surface area contributed by atoms with Gasteiger partial charge in [-0.2, -0.15) is 0 Å². The quantitative estimate of drug-likeness (QED) is 0.0261. The van der Waals surface area contributed by atoms with E-state index in [1.54, 1.807) is 0 Å². The first kappa shape index (κ1) is 77.2. The van der Waals surface area contributed by atoms with Crippen molar-refractivity contribution in [1.29, 1.82) is 0 Å². The van der Waals surface area contributed by atoms with Crippen LogP contribution in [0.2, 0.25) is 0 Å². The zero-order valence-corrected chi connectivity index (χ0v) is 53.9. The largest absolute Gasteiger partial charge is 0.462 e. The number of esters is 3. The molecule has 0 bridgehead atoms. The summed E-state index contributed by atoms with van der Waals surface area (Å²) in [6.07, 6.45) is 82.9. The number of rotatable bonds is 68. The van der Waals surface area contributed by atoms with Gasteiger partial charge in [-0.15, -0.1) is 0 Å². The van der Waals surface area contributed by atoms with E-state index in [4.69, 9.17) is 14.2 Å². The van der Waals surface area contributed by atoms with Crippen molar-refractivity contribution in [1.82, 2.24) is 0 Å². The molecule has 0 aromatic heterocycles. The minimum Gasteiger partial charge on any atom is -0.462 e. The van der Waals surface area contributed by atoms with Gasteiger partial charge in [0.1, 0.15) is 13.2 Å². The fourth-order valence-electron chi connectivity index (χ4n) is 11.3.